The van der Waals surface area contributed by atoms with E-state index in [0.717, 1.165) is 22.6 Å². The van der Waals surface area contributed by atoms with Crippen molar-refractivity contribution in [3.05, 3.63) is 64.5 Å². The molecule has 1 N–H and O–H groups in total. The second kappa shape index (κ2) is 6.26. The van der Waals surface area contributed by atoms with Crippen molar-refractivity contribution in [2.75, 3.05) is 5.32 Å². The van der Waals surface area contributed by atoms with Gasteiger partial charge in [-0.25, -0.2) is 4.98 Å². The van der Waals surface area contributed by atoms with E-state index in [1.54, 1.807) is 0 Å². The molecule has 2 heterocycles. The number of carbonyl (C=O) groups excluding carboxylic acids is 1. The number of rotatable bonds is 3. The summed E-state index contributed by atoms with van der Waals surface area (Å²) < 4.78 is 5.70. The maximum Gasteiger partial charge on any atom is 0.267 e. The van der Waals surface area contributed by atoms with Gasteiger partial charge in [-0.3, -0.25) is 10.1 Å². The van der Waals surface area contributed by atoms with Crippen LogP contribution in [0.1, 0.15) is 5.56 Å². The first-order valence-electron chi connectivity index (χ1n) is 7.46. The van der Waals surface area contributed by atoms with E-state index in [1.807, 2.05) is 53.9 Å². The van der Waals surface area contributed by atoms with Crippen LogP contribution >= 0.6 is 22.9 Å². The minimum Gasteiger partial charge on any atom is -0.480 e. The van der Waals surface area contributed by atoms with Crippen molar-refractivity contribution in [2.24, 2.45) is 0 Å². The zero-order valence-electron chi connectivity index (χ0n) is 12.5. The molecule has 120 valence electrons. The Balaban J connectivity index is 1.45. The van der Waals surface area contributed by atoms with Gasteiger partial charge in [0.25, 0.3) is 5.91 Å². The number of carbonyl (C=O) groups is 1. The quantitative estimate of drug-likeness (QED) is 0.756. The van der Waals surface area contributed by atoms with Crippen molar-refractivity contribution in [2.45, 2.75) is 12.5 Å². The molecule has 0 aliphatic carbocycles. The van der Waals surface area contributed by atoms with Gasteiger partial charge in [0.05, 0.1) is 5.69 Å². The van der Waals surface area contributed by atoms with Crippen LogP contribution < -0.4 is 10.1 Å². The Kier molecular flexibility index (Phi) is 3.96. The second-order valence-electron chi connectivity index (χ2n) is 5.45. The Morgan fingerprint density at radius 3 is 2.79 bits per heavy atom. The molecule has 4 nitrogen and oxygen atoms in total. The number of aromatic nitrogens is 1. The summed E-state index contributed by atoms with van der Waals surface area (Å²) in [5.74, 6) is 0.599. The molecule has 4 rings (SSSR count). The molecule has 1 aliphatic heterocycles. The Hall–Kier alpha value is -2.37. The summed E-state index contributed by atoms with van der Waals surface area (Å²) in [6, 6.07) is 15.1. The van der Waals surface area contributed by atoms with Crippen molar-refractivity contribution >= 4 is 34.0 Å². The predicted octanol–water partition coefficient (Wildman–Crippen LogP) is 4.41. The topological polar surface area (TPSA) is 51.2 Å². The number of hydrogen-bond acceptors (Lipinski definition) is 4. The number of nitrogens with zero attached hydrogens (tertiary/aromatic N) is 1. The molecule has 3 aromatic rings. The fraction of sp³-hybridized carbons (Fsp3) is 0.111. The predicted molar refractivity (Wildman–Crippen MR) is 95.8 cm³/mol. The number of amides is 1. The van der Waals surface area contributed by atoms with E-state index in [2.05, 4.69) is 10.3 Å². The van der Waals surface area contributed by atoms with Crippen LogP contribution in [0.3, 0.4) is 0 Å². The number of para-hydroxylation sites is 1. The van der Waals surface area contributed by atoms with Gasteiger partial charge in [-0.15, -0.1) is 11.3 Å². The highest BCUT2D eigenvalue weighted by Gasteiger charge is 2.29. The maximum atomic E-state index is 12.4. The number of anilines is 1. The van der Waals surface area contributed by atoms with E-state index in [0.29, 0.717) is 16.6 Å². The molecule has 2 aromatic carbocycles. The Labute approximate surface area is 148 Å². The fourth-order valence-electron chi connectivity index (χ4n) is 2.60. The first-order chi connectivity index (χ1) is 11.7. The standard InChI is InChI=1S/C18H13ClN2O2S/c19-13-7-5-11(6-8-13)14-10-24-18(20-14)21-17(22)16-9-12-3-1-2-4-15(12)23-16/h1-8,10,16H,9H2,(H,20,21,22). The number of benzene rings is 2. The summed E-state index contributed by atoms with van der Waals surface area (Å²) in [5.41, 5.74) is 2.82. The molecule has 1 unspecified atom stereocenters. The Morgan fingerprint density at radius 2 is 2.00 bits per heavy atom. The van der Waals surface area contributed by atoms with Crippen LogP contribution in [0.2, 0.25) is 5.02 Å². The van der Waals surface area contributed by atoms with Crippen LogP contribution in [0, 0.1) is 0 Å². The summed E-state index contributed by atoms with van der Waals surface area (Å²) in [7, 11) is 0. The highest BCUT2D eigenvalue weighted by Crippen LogP contribution is 2.30. The van der Waals surface area contributed by atoms with Gasteiger partial charge >= 0.3 is 0 Å². The lowest BCUT2D eigenvalue weighted by atomic mass is 10.1. The molecule has 24 heavy (non-hydrogen) atoms. The Morgan fingerprint density at radius 1 is 1.21 bits per heavy atom. The van der Waals surface area contributed by atoms with Crippen LogP contribution in [0.4, 0.5) is 5.13 Å². The van der Waals surface area contributed by atoms with Crippen molar-refractivity contribution < 1.29 is 9.53 Å². The normalized spacial score (nSPS) is 15.6. The van der Waals surface area contributed by atoms with Crippen molar-refractivity contribution in [3.8, 4) is 17.0 Å². The second-order valence-corrected chi connectivity index (χ2v) is 6.75. The van der Waals surface area contributed by atoms with Crippen LogP contribution in [-0.2, 0) is 11.2 Å². The minimum absolute atomic E-state index is 0.178. The van der Waals surface area contributed by atoms with Gasteiger partial charge in [0.1, 0.15) is 5.75 Å². The molecule has 0 fully saturated rings. The molecular formula is C18H13ClN2O2S. The summed E-state index contributed by atoms with van der Waals surface area (Å²) in [6.07, 6.45) is 0.0718. The van der Waals surface area contributed by atoms with Gasteiger partial charge in [-0.05, 0) is 23.8 Å². The van der Waals surface area contributed by atoms with E-state index in [-0.39, 0.29) is 5.91 Å². The van der Waals surface area contributed by atoms with Gasteiger partial charge in [0, 0.05) is 22.4 Å². The minimum atomic E-state index is -0.509. The molecule has 1 atom stereocenters. The lowest BCUT2D eigenvalue weighted by Crippen LogP contribution is -2.31. The summed E-state index contributed by atoms with van der Waals surface area (Å²) in [4.78, 5) is 16.8. The Bertz CT molecular complexity index is 867. The third-order valence-electron chi connectivity index (χ3n) is 3.81. The van der Waals surface area contributed by atoms with Crippen LogP contribution in [0.5, 0.6) is 5.75 Å². The van der Waals surface area contributed by atoms with Crippen molar-refractivity contribution in [1.82, 2.24) is 4.98 Å². The van der Waals surface area contributed by atoms with Crippen molar-refractivity contribution in [1.29, 1.82) is 0 Å². The van der Waals surface area contributed by atoms with Crippen LogP contribution in [-0.4, -0.2) is 17.0 Å². The third-order valence-corrected chi connectivity index (χ3v) is 4.82. The first kappa shape index (κ1) is 15.2. The summed E-state index contributed by atoms with van der Waals surface area (Å²) in [6.45, 7) is 0. The largest absolute Gasteiger partial charge is 0.480 e. The molecule has 1 amide bonds. The molecule has 1 aliphatic rings. The molecule has 0 bridgehead atoms. The number of ether oxygens (including phenoxy) is 1. The lowest BCUT2D eigenvalue weighted by Gasteiger charge is -2.09. The van der Waals surface area contributed by atoms with Gasteiger partial charge in [-0.1, -0.05) is 41.9 Å². The van der Waals surface area contributed by atoms with Gasteiger partial charge in [-0.2, -0.15) is 0 Å². The third kappa shape index (κ3) is 3.00. The number of hydrogen-bond donors (Lipinski definition) is 1. The van der Waals surface area contributed by atoms with E-state index in [1.165, 1.54) is 11.3 Å². The maximum absolute atomic E-state index is 12.4. The molecule has 6 heteroatoms. The van der Waals surface area contributed by atoms with Crippen LogP contribution in [0.15, 0.2) is 53.9 Å². The zero-order valence-corrected chi connectivity index (χ0v) is 14.1. The first-order valence-corrected chi connectivity index (χ1v) is 8.72. The molecule has 0 spiro atoms. The van der Waals surface area contributed by atoms with Crippen LogP contribution in [0.25, 0.3) is 11.3 Å². The van der Waals surface area contributed by atoms with Gasteiger partial charge < -0.3 is 4.74 Å². The summed E-state index contributed by atoms with van der Waals surface area (Å²) >= 11 is 7.28. The number of nitrogens with one attached hydrogen (secondary N) is 1. The molecular weight excluding hydrogens is 344 g/mol. The molecule has 0 saturated carbocycles. The number of fused-ring (bicyclic) bond motifs is 1. The fourth-order valence-corrected chi connectivity index (χ4v) is 3.45. The monoisotopic (exact) mass is 356 g/mol. The highest BCUT2D eigenvalue weighted by atomic mass is 35.5. The van der Waals surface area contributed by atoms with Gasteiger partial charge in [0.15, 0.2) is 11.2 Å². The molecule has 0 radical (unpaired) electrons. The average molecular weight is 357 g/mol. The van der Waals surface area contributed by atoms with E-state index in [4.69, 9.17) is 16.3 Å². The highest BCUT2D eigenvalue weighted by molar-refractivity contribution is 7.14. The SMILES string of the molecule is O=C(Nc1nc(-c2ccc(Cl)cc2)cs1)C1Cc2ccccc2O1. The summed E-state index contributed by atoms with van der Waals surface area (Å²) in [5, 5.41) is 5.98. The average Bonchev–Trinajstić information content (AvgIpc) is 3.22. The number of halogens is 1. The van der Waals surface area contributed by atoms with Gasteiger partial charge in [0.2, 0.25) is 0 Å². The smallest absolute Gasteiger partial charge is 0.267 e. The van der Waals surface area contributed by atoms with E-state index >= 15 is 0 Å². The zero-order chi connectivity index (χ0) is 16.5. The molecule has 0 saturated heterocycles. The lowest BCUT2D eigenvalue weighted by molar-refractivity contribution is -0.122. The van der Waals surface area contributed by atoms with E-state index in [9.17, 15) is 4.79 Å². The molecule has 1 aromatic heterocycles. The van der Waals surface area contributed by atoms with Crippen molar-refractivity contribution in [3.63, 3.8) is 0 Å². The van der Waals surface area contributed by atoms with E-state index < -0.39 is 6.10 Å². The number of thiazole rings is 1.